The van der Waals surface area contributed by atoms with Crippen molar-refractivity contribution in [2.75, 3.05) is 19.6 Å². The molecule has 26 heavy (non-hydrogen) atoms. The standard InChI is InChI=1S/C22H30N4/c1-16-20(11-23-24(16)2)14-25-12-17-7-8-21(25)15-26(13-17)22-9-18-5-3-4-6-19(18)10-22/h3-6,11,17,21-22H,7-10,12-15H2,1-2H3/t17-,21-/m1/s1. The van der Waals surface area contributed by atoms with Gasteiger partial charge in [-0.05, 0) is 49.7 Å². The van der Waals surface area contributed by atoms with Crippen LogP contribution in [-0.4, -0.2) is 51.3 Å². The van der Waals surface area contributed by atoms with E-state index in [1.165, 1.54) is 56.6 Å². The minimum absolute atomic E-state index is 0.706. The molecule has 1 aromatic carbocycles. The second-order valence-corrected chi connectivity index (χ2v) is 8.69. The summed E-state index contributed by atoms with van der Waals surface area (Å²) in [6.45, 7) is 7.06. The molecule has 0 N–H and O–H groups in total. The highest BCUT2D eigenvalue weighted by Gasteiger charge is 2.38. The van der Waals surface area contributed by atoms with Gasteiger partial charge in [0.05, 0.1) is 6.20 Å². The number of aryl methyl sites for hydroxylation is 1. The molecule has 4 heterocycles. The van der Waals surface area contributed by atoms with Crippen molar-refractivity contribution in [1.29, 1.82) is 0 Å². The van der Waals surface area contributed by atoms with Crippen molar-refractivity contribution in [2.45, 2.75) is 51.2 Å². The van der Waals surface area contributed by atoms with Crippen LogP contribution in [0.1, 0.15) is 35.2 Å². The molecule has 3 fully saturated rings. The van der Waals surface area contributed by atoms with Gasteiger partial charge >= 0.3 is 0 Å². The zero-order valence-electron chi connectivity index (χ0n) is 16.1. The van der Waals surface area contributed by atoms with Gasteiger partial charge in [-0.25, -0.2) is 0 Å². The predicted octanol–water partition coefficient (Wildman–Crippen LogP) is 2.79. The van der Waals surface area contributed by atoms with Gasteiger partial charge in [-0.3, -0.25) is 14.5 Å². The molecule has 1 aromatic heterocycles. The van der Waals surface area contributed by atoms with Crippen LogP contribution >= 0.6 is 0 Å². The van der Waals surface area contributed by atoms with Crippen LogP contribution < -0.4 is 0 Å². The number of hydrogen-bond acceptors (Lipinski definition) is 3. The van der Waals surface area contributed by atoms with Gasteiger partial charge in [-0.1, -0.05) is 24.3 Å². The van der Waals surface area contributed by atoms with E-state index >= 15 is 0 Å². The maximum absolute atomic E-state index is 4.45. The predicted molar refractivity (Wildman–Crippen MR) is 104 cm³/mol. The van der Waals surface area contributed by atoms with Gasteiger partial charge in [0.1, 0.15) is 0 Å². The lowest BCUT2D eigenvalue weighted by atomic mass is 9.94. The SMILES string of the molecule is Cc1c(CN2C[C@H]3CC[C@@H]2CN(C2Cc4ccccc4C2)C3)cnn1C. The molecule has 2 aromatic rings. The highest BCUT2D eigenvalue weighted by molar-refractivity contribution is 5.33. The largest absolute Gasteiger partial charge is 0.298 e. The quantitative estimate of drug-likeness (QED) is 0.851. The van der Waals surface area contributed by atoms with E-state index in [2.05, 4.69) is 52.3 Å². The third-order valence-electron chi connectivity index (χ3n) is 7.11. The Morgan fingerprint density at radius 3 is 2.46 bits per heavy atom. The molecule has 4 nitrogen and oxygen atoms in total. The average Bonchev–Trinajstić information content (AvgIpc) is 3.07. The Hall–Kier alpha value is -1.65. The topological polar surface area (TPSA) is 24.3 Å². The summed E-state index contributed by atoms with van der Waals surface area (Å²) < 4.78 is 2.01. The number of rotatable bonds is 3. The molecule has 1 aliphatic carbocycles. The van der Waals surface area contributed by atoms with E-state index in [0.29, 0.717) is 6.04 Å². The molecule has 3 aliphatic heterocycles. The average molecular weight is 351 g/mol. The Balaban J connectivity index is 1.31. The van der Waals surface area contributed by atoms with Crippen molar-refractivity contribution in [3.8, 4) is 0 Å². The summed E-state index contributed by atoms with van der Waals surface area (Å²) in [6, 6.07) is 10.5. The molecular formula is C22H30N4. The summed E-state index contributed by atoms with van der Waals surface area (Å²) in [6.07, 6.45) is 7.33. The van der Waals surface area contributed by atoms with Crippen molar-refractivity contribution < 1.29 is 0 Å². The maximum Gasteiger partial charge on any atom is 0.0537 e. The molecule has 138 valence electrons. The number of hydrogen-bond donors (Lipinski definition) is 0. The van der Waals surface area contributed by atoms with E-state index in [-0.39, 0.29) is 0 Å². The second kappa shape index (κ2) is 6.50. The number of fused-ring (bicyclic) bond motifs is 5. The van der Waals surface area contributed by atoms with Crippen molar-refractivity contribution in [3.05, 3.63) is 52.8 Å². The highest BCUT2D eigenvalue weighted by atomic mass is 15.3. The van der Waals surface area contributed by atoms with Gasteiger partial charge in [0.2, 0.25) is 0 Å². The fraction of sp³-hybridized carbons (Fsp3) is 0.591. The van der Waals surface area contributed by atoms with E-state index in [9.17, 15) is 0 Å². The van der Waals surface area contributed by atoms with E-state index in [0.717, 1.165) is 18.5 Å². The van der Waals surface area contributed by atoms with Crippen LogP contribution in [0.3, 0.4) is 0 Å². The van der Waals surface area contributed by atoms with E-state index in [1.807, 2.05) is 11.7 Å². The Morgan fingerprint density at radius 2 is 1.77 bits per heavy atom. The minimum Gasteiger partial charge on any atom is -0.298 e. The van der Waals surface area contributed by atoms with Crippen LogP contribution in [0.15, 0.2) is 30.5 Å². The lowest BCUT2D eigenvalue weighted by Gasteiger charge is -2.36. The normalized spacial score (nSPS) is 27.0. The molecule has 0 radical (unpaired) electrons. The molecule has 0 amide bonds. The van der Waals surface area contributed by atoms with Gasteiger partial charge < -0.3 is 0 Å². The molecule has 2 bridgehead atoms. The molecule has 3 saturated heterocycles. The van der Waals surface area contributed by atoms with Crippen molar-refractivity contribution in [3.63, 3.8) is 0 Å². The first-order valence-corrected chi connectivity index (χ1v) is 10.2. The van der Waals surface area contributed by atoms with Crippen LogP contribution in [0.25, 0.3) is 0 Å². The molecule has 0 saturated carbocycles. The van der Waals surface area contributed by atoms with Gasteiger partial charge in [-0.15, -0.1) is 0 Å². The maximum atomic E-state index is 4.45. The summed E-state index contributed by atoms with van der Waals surface area (Å²) in [5, 5.41) is 4.45. The minimum atomic E-state index is 0.706. The summed E-state index contributed by atoms with van der Waals surface area (Å²) in [5.41, 5.74) is 5.88. The van der Waals surface area contributed by atoms with Gasteiger partial charge in [0, 0.05) is 56.6 Å². The first kappa shape index (κ1) is 16.5. The lowest BCUT2D eigenvalue weighted by molar-refractivity contribution is 0.120. The molecule has 2 atom stereocenters. The number of benzene rings is 1. The van der Waals surface area contributed by atoms with Crippen molar-refractivity contribution in [2.24, 2.45) is 13.0 Å². The molecule has 0 spiro atoms. The van der Waals surface area contributed by atoms with Crippen LogP contribution in [0.5, 0.6) is 0 Å². The van der Waals surface area contributed by atoms with Crippen LogP contribution in [0, 0.1) is 12.8 Å². The Bertz CT molecular complexity index is 770. The summed E-state index contributed by atoms with van der Waals surface area (Å²) in [4.78, 5) is 5.58. The Kier molecular flexibility index (Phi) is 4.13. The summed E-state index contributed by atoms with van der Waals surface area (Å²) in [5.74, 6) is 0.828. The van der Waals surface area contributed by atoms with Gasteiger partial charge in [0.15, 0.2) is 0 Å². The first-order valence-electron chi connectivity index (χ1n) is 10.2. The molecule has 4 aliphatic rings. The fourth-order valence-electron chi connectivity index (χ4n) is 5.42. The van der Waals surface area contributed by atoms with E-state index in [4.69, 9.17) is 0 Å². The monoisotopic (exact) mass is 350 g/mol. The zero-order valence-corrected chi connectivity index (χ0v) is 16.1. The van der Waals surface area contributed by atoms with E-state index in [1.54, 1.807) is 11.1 Å². The molecule has 4 heteroatoms. The van der Waals surface area contributed by atoms with Crippen molar-refractivity contribution >= 4 is 0 Å². The fourth-order valence-corrected chi connectivity index (χ4v) is 5.42. The highest BCUT2D eigenvalue weighted by Crippen LogP contribution is 2.33. The van der Waals surface area contributed by atoms with Crippen LogP contribution in [-0.2, 0) is 26.4 Å². The summed E-state index contributed by atoms with van der Waals surface area (Å²) >= 11 is 0. The van der Waals surface area contributed by atoms with E-state index < -0.39 is 0 Å². The number of aromatic nitrogens is 2. The Morgan fingerprint density at radius 1 is 1.00 bits per heavy atom. The van der Waals surface area contributed by atoms with Crippen molar-refractivity contribution in [1.82, 2.24) is 19.6 Å². The second-order valence-electron chi connectivity index (χ2n) is 8.69. The third kappa shape index (κ3) is 2.89. The molecular weight excluding hydrogens is 320 g/mol. The lowest BCUT2D eigenvalue weighted by Crippen LogP contribution is -2.44. The summed E-state index contributed by atoms with van der Waals surface area (Å²) in [7, 11) is 2.05. The first-order chi connectivity index (χ1) is 12.7. The molecule has 6 rings (SSSR count). The van der Waals surface area contributed by atoms with Gasteiger partial charge in [0.25, 0.3) is 0 Å². The number of piperidine rings is 1. The molecule has 0 unspecified atom stereocenters. The number of nitrogens with zero attached hydrogens (tertiary/aromatic N) is 4. The van der Waals surface area contributed by atoms with Crippen LogP contribution in [0.2, 0.25) is 0 Å². The smallest absolute Gasteiger partial charge is 0.0537 e. The van der Waals surface area contributed by atoms with Crippen LogP contribution in [0.4, 0.5) is 0 Å². The Labute approximate surface area is 156 Å². The zero-order chi connectivity index (χ0) is 17.7. The third-order valence-corrected chi connectivity index (χ3v) is 7.11. The van der Waals surface area contributed by atoms with Gasteiger partial charge in [-0.2, -0.15) is 5.10 Å².